The van der Waals surface area contributed by atoms with Crippen molar-refractivity contribution >= 4 is 29.2 Å². The summed E-state index contributed by atoms with van der Waals surface area (Å²) in [5.41, 5.74) is 9.23. The van der Waals surface area contributed by atoms with Crippen molar-refractivity contribution in [3.63, 3.8) is 0 Å². The Balaban J connectivity index is 1.82. The standard InChI is InChI=1S/C37H44N4O3/c1-9-40(31-17-13-11-15-25(31)3)27(5)19-21-29-23-24-30(33(29)34-35(42)38(7)37(44)39(8)36(34)43)22-20-28(6)41(10-2)32-18-14-12-16-26(32)4/h11-22H,9-10,23-24H2,1-8H3/b27-19+,28-20+,29-21-,30-22+. The summed E-state index contributed by atoms with van der Waals surface area (Å²) in [6.07, 6.45) is 9.52. The van der Waals surface area contributed by atoms with Gasteiger partial charge in [0.2, 0.25) is 0 Å². The number of hydrogen-bond acceptors (Lipinski definition) is 5. The van der Waals surface area contributed by atoms with Crippen molar-refractivity contribution in [2.45, 2.75) is 54.4 Å². The maximum atomic E-state index is 13.5. The van der Waals surface area contributed by atoms with Gasteiger partial charge in [-0.15, -0.1) is 0 Å². The van der Waals surface area contributed by atoms with E-state index in [1.54, 1.807) is 0 Å². The molecule has 44 heavy (non-hydrogen) atoms. The number of carbonyl (C=O) groups is 3. The van der Waals surface area contributed by atoms with Crippen molar-refractivity contribution in [2.75, 3.05) is 37.0 Å². The lowest BCUT2D eigenvalue weighted by atomic mass is 9.95. The highest BCUT2D eigenvalue weighted by Crippen LogP contribution is 2.40. The van der Waals surface area contributed by atoms with Crippen LogP contribution in [0, 0.1) is 13.8 Å². The monoisotopic (exact) mass is 592 g/mol. The number of rotatable bonds is 8. The molecule has 7 nitrogen and oxygen atoms in total. The normalized spacial score (nSPS) is 18.3. The van der Waals surface area contributed by atoms with Crippen molar-refractivity contribution in [3.05, 3.63) is 118 Å². The molecule has 0 bridgehead atoms. The highest BCUT2D eigenvalue weighted by atomic mass is 16.2. The molecule has 2 aromatic carbocycles. The van der Waals surface area contributed by atoms with Crippen LogP contribution in [-0.2, 0) is 9.59 Å². The Kier molecular flexibility index (Phi) is 10.1. The fraction of sp³-hybridized carbons (Fsp3) is 0.324. The summed E-state index contributed by atoms with van der Waals surface area (Å²) < 4.78 is 0. The predicted molar refractivity (Wildman–Crippen MR) is 179 cm³/mol. The van der Waals surface area contributed by atoms with Gasteiger partial charge in [0.25, 0.3) is 11.8 Å². The van der Waals surface area contributed by atoms with Gasteiger partial charge < -0.3 is 9.80 Å². The third-order valence-electron chi connectivity index (χ3n) is 8.51. The average molecular weight is 593 g/mol. The lowest BCUT2D eigenvalue weighted by molar-refractivity contribution is -0.134. The van der Waals surface area contributed by atoms with E-state index in [4.69, 9.17) is 0 Å². The number of carbonyl (C=O) groups excluding carboxylic acids is 3. The molecule has 1 aliphatic heterocycles. The zero-order valence-electron chi connectivity index (χ0n) is 27.3. The van der Waals surface area contributed by atoms with Crippen LogP contribution < -0.4 is 9.80 Å². The second-order valence-corrected chi connectivity index (χ2v) is 11.3. The molecule has 4 rings (SSSR count). The number of allylic oxidation sites excluding steroid dienone is 9. The summed E-state index contributed by atoms with van der Waals surface area (Å²) in [4.78, 5) is 46.1. The number of hydrogen-bond donors (Lipinski definition) is 0. The third-order valence-corrected chi connectivity index (χ3v) is 8.51. The summed E-state index contributed by atoms with van der Waals surface area (Å²) in [5, 5.41) is 0. The van der Waals surface area contributed by atoms with Crippen LogP contribution in [0.4, 0.5) is 16.2 Å². The number of para-hydroxylation sites is 2. The van der Waals surface area contributed by atoms with E-state index in [-0.39, 0.29) is 5.57 Å². The number of nitrogens with zero attached hydrogens (tertiary/aromatic N) is 4. The Hall–Kier alpha value is -4.65. The van der Waals surface area contributed by atoms with Crippen LogP contribution in [0.1, 0.15) is 51.7 Å². The number of anilines is 2. The molecule has 4 amide bonds. The predicted octanol–water partition coefficient (Wildman–Crippen LogP) is 7.46. The van der Waals surface area contributed by atoms with Crippen LogP contribution in [-0.4, -0.2) is 54.8 Å². The van der Waals surface area contributed by atoms with E-state index in [9.17, 15) is 14.4 Å². The molecule has 230 valence electrons. The Bertz CT molecular complexity index is 1510. The number of benzene rings is 2. The Labute approximate surface area is 262 Å². The number of urea groups is 1. The summed E-state index contributed by atoms with van der Waals surface area (Å²) in [6, 6.07) is 15.9. The molecule has 0 unspecified atom stereocenters. The molecule has 2 fully saturated rings. The first-order valence-electron chi connectivity index (χ1n) is 15.3. The minimum Gasteiger partial charge on any atom is -0.345 e. The minimum absolute atomic E-state index is 0.0409. The first-order chi connectivity index (χ1) is 21.0. The first-order valence-corrected chi connectivity index (χ1v) is 15.3. The Morgan fingerprint density at radius 3 is 1.43 bits per heavy atom. The largest absolute Gasteiger partial charge is 0.345 e. The van der Waals surface area contributed by atoms with Gasteiger partial charge in [-0.2, -0.15) is 0 Å². The Morgan fingerprint density at radius 1 is 0.682 bits per heavy atom. The molecule has 0 spiro atoms. The van der Waals surface area contributed by atoms with Gasteiger partial charge in [0.1, 0.15) is 5.57 Å². The summed E-state index contributed by atoms with van der Waals surface area (Å²) in [7, 11) is 2.85. The minimum atomic E-state index is -0.626. The van der Waals surface area contributed by atoms with Crippen LogP contribution in [0.5, 0.6) is 0 Å². The van der Waals surface area contributed by atoms with Gasteiger partial charge in [-0.3, -0.25) is 19.4 Å². The maximum Gasteiger partial charge on any atom is 0.333 e. The molecule has 1 saturated carbocycles. The van der Waals surface area contributed by atoms with Gasteiger partial charge in [-0.05, 0) is 107 Å². The number of amides is 4. The fourth-order valence-corrected chi connectivity index (χ4v) is 5.99. The molecule has 7 heteroatoms. The van der Waals surface area contributed by atoms with Gasteiger partial charge in [0, 0.05) is 50.0 Å². The van der Waals surface area contributed by atoms with Gasteiger partial charge in [-0.1, -0.05) is 48.6 Å². The van der Waals surface area contributed by atoms with Crippen LogP contribution in [0.15, 0.2) is 107 Å². The van der Waals surface area contributed by atoms with Gasteiger partial charge >= 0.3 is 6.03 Å². The van der Waals surface area contributed by atoms with Crippen molar-refractivity contribution in [2.24, 2.45) is 0 Å². The maximum absolute atomic E-state index is 13.5. The molecular weight excluding hydrogens is 548 g/mol. The highest BCUT2D eigenvalue weighted by molar-refractivity contribution is 6.29. The third kappa shape index (κ3) is 6.32. The van der Waals surface area contributed by atoms with Crippen molar-refractivity contribution < 1.29 is 14.4 Å². The van der Waals surface area contributed by atoms with Crippen molar-refractivity contribution in [1.29, 1.82) is 0 Å². The molecule has 1 saturated heterocycles. The summed E-state index contributed by atoms with van der Waals surface area (Å²) in [6.45, 7) is 14.2. The van der Waals surface area contributed by atoms with E-state index in [1.165, 1.54) is 25.2 Å². The van der Waals surface area contributed by atoms with E-state index < -0.39 is 17.8 Å². The van der Waals surface area contributed by atoms with Gasteiger partial charge in [0.05, 0.1) is 0 Å². The van der Waals surface area contributed by atoms with E-state index in [0.717, 1.165) is 56.8 Å². The zero-order valence-corrected chi connectivity index (χ0v) is 27.3. The molecular formula is C37H44N4O3. The Morgan fingerprint density at radius 2 is 1.07 bits per heavy atom. The second kappa shape index (κ2) is 13.8. The quantitative estimate of drug-likeness (QED) is 0.235. The van der Waals surface area contributed by atoms with Gasteiger partial charge in [-0.25, -0.2) is 4.79 Å². The SMILES string of the molecule is CCN(/C(C)=C/C=C1/CC/C(=C\C=C(/C)N(CC)c2ccccc2C)C1=C1C(=O)N(C)C(=O)N(C)C1=O)c1ccccc1C. The number of aryl methyl sites for hydroxylation is 2. The molecule has 2 aromatic rings. The topological polar surface area (TPSA) is 64.2 Å². The summed E-state index contributed by atoms with van der Waals surface area (Å²) >= 11 is 0. The van der Waals surface area contributed by atoms with Crippen molar-refractivity contribution in [3.8, 4) is 0 Å². The van der Waals surface area contributed by atoms with Crippen LogP contribution >= 0.6 is 0 Å². The number of barbiturate groups is 1. The van der Waals surface area contributed by atoms with Crippen LogP contribution in [0.2, 0.25) is 0 Å². The van der Waals surface area contributed by atoms with Crippen molar-refractivity contribution in [1.82, 2.24) is 9.80 Å². The molecule has 0 aromatic heterocycles. The molecule has 0 radical (unpaired) electrons. The molecule has 2 aliphatic rings. The second-order valence-electron chi connectivity index (χ2n) is 11.3. The highest BCUT2D eigenvalue weighted by Gasteiger charge is 2.41. The van der Waals surface area contributed by atoms with Crippen LogP contribution in [0.3, 0.4) is 0 Å². The summed E-state index contributed by atoms with van der Waals surface area (Å²) in [5.74, 6) is -1.14. The average Bonchev–Trinajstić information content (AvgIpc) is 3.41. The van der Waals surface area contributed by atoms with E-state index >= 15 is 0 Å². The van der Waals surface area contributed by atoms with Gasteiger partial charge in [0.15, 0.2) is 0 Å². The molecule has 1 heterocycles. The lowest BCUT2D eigenvalue weighted by Crippen LogP contribution is -2.53. The van der Waals surface area contributed by atoms with Crippen LogP contribution in [0.25, 0.3) is 0 Å². The smallest absolute Gasteiger partial charge is 0.333 e. The molecule has 0 atom stereocenters. The fourth-order valence-electron chi connectivity index (χ4n) is 5.99. The van der Waals surface area contributed by atoms with E-state index in [1.807, 2.05) is 36.4 Å². The lowest BCUT2D eigenvalue weighted by Gasteiger charge is -2.30. The van der Waals surface area contributed by atoms with E-state index in [2.05, 4.69) is 87.8 Å². The molecule has 1 aliphatic carbocycles. The first kappa shape index (κ1) is 32.3. The molecule has 0 N–H and O–H groups in total. The number of imide groups is 2. The van der Waals surface area contributed by atoms with E-state index in [0.29, 0.717) is 18.4 Å². The zero-order chi connectivity index (χ0) is 32.1. The number of likely N-dealkylation sites (N-methyl/N-ethyl adjacent to an activating group) is 2.